The minimum absolute atomic E-state index is 0.00686. The van der Waals surface area contributed by atoms with Crippen molar-refractivity contribution in [1.29, 1.82) is 0 Å². The zero-order valence-electron chi connectivity index (χ0n) is 37.7. The van der Waals surface area contributed by atoms with Crippen molar-refractivity contribution in [3.8, 4) is 0 Å². The molecule has 9 atom stereocenters. The number of carbonyl (C=O) groups is 4. The van der Waals surface area contributed by atoms with Crippen molar-refractivity contribution in [3.63, 3.8) is 0 Å². The molecule has 4 amide bonds. The summed E-state index contributed by atoms with van der Waals surface area (Å²) in [6.45, 7) is 10.8. The number of guanidine groups is 1. The lowest BCUT2D eigenvalue weighted by molar-refractivity contribution is -0.146. The zero-order valence-corrected chi connectivity index (χ0v) is 38.6. The topological polar surface area (TPSA) is 199 Å². The number of nitrogens with two attached hydrogens (primary N) is 1. The van der Waals surface area contributed by atoms with Gasteiger partial charge in [0.1, 0.15) is 18.0 Å². The van der Waals surface area contributed by atoms with Crippen LogP contribution in [0.15, 0.2) is 35.3 Å². The van der Waals surface area contributed by atoms with Crippen LogP contribution in [0.5, 0.6) is 0 Å². The van der Waals surface area contributed by atoms with Gasteiger partial charge in [-0.05, 0) is 43.2 Å². The maximum absolute atomic E-state index is 14.3. The summed E-state index contributed by atoms with van der Waals surface area (Å²) >= 11 is 0. The molecule has 336 valence electrons. The number of methoxy groups -OCH3 is 2. The van der Waals surface area contributed by atoms with Crippen LogP contribution in [0.3, 0.4) is 0 Å². The minimum atomic E-state index is -4.28. The number of nitrogens with zero attached hydrogens (tertiary/aromatic N) is 5. The summed E-state index contributed by atoms with van der Waals surface area (Å²) in [6.07, 6.45) is 0.486. The lowest BCUT2D eigenvalue weighted by Crippen LogP contribution is -2.55. The number of benzene rings is 1. The van der Waals surface area contributed by atoms with Gasteiger partial charge in [0.2, 0.25) is 31.0 Å². The number of rotatable bonds is 23. The van der Waals surface area contributed by atoms with E-state index in [1.54, 1.807) is 55.1 Å². The molecule has 5 N–H and O–H groups in total. The Kier molecular flexibility index (Phi) is 21.5. The molecule has 59 heavy (non-hydrogen) atoms. The predicted octanol–water partition coefficient (Wildman–Crippen LogP) is 2.83. The molecule has 1 heterocycles. The van der Waals surface area contributed by atoms with Crippen LogP contribution in [0.2, 0.25) is 0 Å². The molecule has 0 bridgehead atoms. The van der Waals surface area contributed by atoms with Crippen molar-refractivity contribution in [1.82, 2.24) is 30.2 Å². The summed E-state index contributed by atoms with van der Waals surface area (Å²) in [7, 11) is 8.07. The molecule has 0 aliphatic carbocycles. The molecule has 1 fully saturated rings. The first kappa shape index (κ1) is 51.6. The molecule has 1 aromatic carbocycles. The van der Waals surface area contributed by atoms with Gasteiger partial charge >= 0.3 is 0 Å². The van der Waals surface area contributed by atoms with Crippen LogP contribution in [0.1, 0.15) is 72.3 Å². The third kappa shape index (κ3) is 14.8. The number of amides is 4. The van der Waals surface area contributed by atoms with Crippen molar-refractivity contribution < 1.29 is 38.1 Å². The van der Waals surface area contributed by atoms with Gasteiger partial charge < -0.3 is 50.3 Å². The molecule has 2 rings (SSSR count). The van der Waals surface area contributed by atoms with Gasteiger partial charge in [-0.15, -0.1) is 0 Å². The monoisotopic (exact) mass is 851 g/mol. The maximum Gasteiger partial charge on any atom is 0.247 e. The summed E-state index contributed by atoms with van der Waals surface area (Å²) in [5, 5.41) is 5.42. The molecule has 2 unspecified atom stereocenters. The Morgan fingerprint density at radius 3 is 2.17 bits per heavy atom. The number of ether oxygens (including phenoxy) is 2. The fourth-order valence-electron chi connectivity index (χ4n) is 7.89. The standard InChI is InChI=1S/C42H75N8O8P/c1-13-29(4)38(49(10)41(54)37(28(2)3)46-42(47(6)7)48(8)9)33(57-11)26-36(52)50-24-17-21-32(50)39(58-12)30(5)40(53)45-35(25-31-19-15-14-16-20-31)59(55,56)27-34(51)44-23-18-22-43/h14-16,19-20,28-30,32-33,35,37-39H,13,17-18,21-27,43H2,1-12H3,(H,44,51)(H,45,53)(H,55,56)/t29-,30+,32-,33+,35+,37-,38?,39+/m0/s1. The van der Waals surface area contributed by atoms with Crippen LogP contribution in [-0.2, 0) is 39.6 Å². The van der Waals surface area contributed by atoms with E-state index in [0.717, 1.165) is 6.42 Å². The van der Waals surface area contributed by atoms with Gasteiger partial charge in [-0.3, -0.25) is 23.7 Å². The number of nitrogens with one attached hydrogen (secondary N) is 2. The Morgan fingerprint density at radius 1 is 1.02 bits per heavy atom. The number of hydrogen-bond acceptors (Lipinski definition) is 9. The normalized spacial score (nSPS) is 18.7. The van der Waals surface area contributed by atoms with E-state index in [0.29, 0.717) is 43.9 Å². The highest BCUT2D eigenvalue weighted by molar-refractivity contribution is 7.59. The molecule has 1 saturated heterocycles. The third-order valence-electron chi connectivity index (χ3n) is 11.3. The third-order valence-corrected chi connectivity index (χ3v) is 13.4. The summed E-state index contributed by atoms with van der Waals surface area (Å²) in [5.41, 5.74) is 6.24. The van der Waals surface area contributed by atoms with Crippen LogP contribution in [-0.4, -0.2) is 165 Å². The summed E-state index contributed by atoms with van der Waals surface area (Å²) in [5.74, 6) is -3.03. The molecule has 0 radical (unpaired) electrons. The quantitative estimate of drug-likeness (QED) is 0.0547. The van der Waals surface area contributed by atoms with Crippen molar-refractivity contribution in [2.45, 2.75) is 109 Å². The van der Waals surface area contributed by atoms with Crippen LogP contribution >= 0.6 is 7.37 Å². The largest absolute Gasteiger partial charge is 0.379 e. The highest BCUT2D eigenvalue weighted by Crippen LogP contribution is 2.46. The van der Waals surface area contributed by atoms with Gasteiger partial charge in [-0.25, -0.2) is 4.99 Å². The van der Waals surface area contributed by atoms with E-state index in [1.807, 2.05) is 71.8 Å². The maximum atomic E-state index is 14.3. The lowest BCUT2D eigenvalue weighted by atomic mass is 9.89. The smallest absolute Gasteiger partial charge is 0.247 e. The Hall–Kier alpha value is -3.56. The molecule has 1 aromatic rings. The highest BCUT2D eigenvalue weighted by Gasteiger charge is 2.44. The van der Waals surface area contributed by atoms with Gasteiger partial charge in [0.25, 0.3) is 0 Å². The van der Waals surface area contributed by atoms with E-state index < -0.39 is 67.4 Å². The second-order valence-corrected chi connectivity index (χ2v) is 19.1. The molecule has 1 aliphatic heterocycles. The first-order valence-corrected chi connectivity index (χ1v) is 22.8. The first-order chi connectivity index (χ1) is 27.7. The van der Waals surface area contributed by atoms with E-state index in [4.69, 9.17) is 20.2 Å². The van der Waals surface area contributed by atoms with Crippen LogP contribution in [0.4, 0.5) is 0 Å². The predicted molar refractivity (Wildman–Crippen MR) is 233 cm³/mol. The number of carbonyl (C=O) groups excluding carboxylic acids is 4. The van der Waals surface area contributed by atoms with E-state index in [2.05, 4.69) is 10.6 Å². The molecule has 0 aromatic heterocycles. The Morgan fingerprint density at radius 2 is 1.64 bits per heavy atom. The minimum Gasteiger partial charge on any atom is -0.379 e. The van der Waals surface area contributed by atoms with Crippen LogP contribution in [0.25, 0.3) is 0 Å². The second kappa shape index (κ2) is 24.6. The zero-order chi connectivity index (χ0) is 44.6. The number of likely N-dealkylation sites (N-methyl/N-ethyl adjacent to an activating group) is 1. The summed E-state index contributed by atoms with van der Waals surface area (Å²) < 4.78 is 25.8. The Bertz CT molecular complexity index is 1550. The van der Waals surface area contributed by atoms with E-state index >= 15 is 0 Å². The molecule has 1 aliphatic rings. The van der Waals surface area contributed by atoms with Crippen molar-refractivity contribution >= 4 is 37.0 Å². The molecular weight excluding hydrogens is 775 g/mol. The molecular formula is C42H75N8O8P. The fourth-order valence-corrected chi connectivity index (χ4v) is 9.46. The summed E-state index contributed by atoms with van der Waals surface area (Å²) in [6, 6.07) is 7.42. The Balaban J connectivity index is 2.36. The van der Waals surface area contributed by atoms with Gasteiger partial charge in [0.15, 0.2) is 5.96 Å². The van der Waals surface area contributed by atoms with Crippen molar-refractivity contribution in [3.05, 3.63) is 35.9 Å². The lowest BCUT2D eigenvalue weighted by Gasteiger charge is -2.40. The molecule has 17 heteroatoms. The van der Waals surface area contributed by atoms with Crippen LogP contribution in [0, 0.1) is 17.8 Å². The van der Waals surface area contributed by atoms with E-state index in [-0.39, 0.29) is 43.0 Å². The summed E-state index contributed by atoms with van der Waals surface area (Å²) in [4.78, 5) is 78.6. The first-order valence-electron chi connectivity index (χ1n) is 20.9. The number of hydrogen-bond donors (Lipinski definition) is 4. The Labute approximate surface area is 353 Å². The second-order valence-electron chi connectivity index (χ2n) is 16.6. The van der Waals surface area contributed by atoms with Crippen LogP contribution < -0.4 is 16.4 Å². The SMILES string of the molecule is CC[C@H](C)C([C@@H](CC(=O)N1CCC[C@H]1[C@H](OC)[C@@H](C)C(=O)N[C@@H](Cc1ccccc1)P(=O)(O)CC(=O)NCCCN)OC)N(C)C(=O)[C@@H](N=C(N(C)C)N(C)C)C(C)C. The highest BCUT2D eigenvalue weighted by atomic mass is 31.2. The van der Waals surface area contributed by atoms with Gasteiger partial charge in [-0.2, -0.15) is 0 Å². The van der Waals surface area contributed by atoms with Crippen molar-refractivity contribution in [2.75, 3.05) is 75.3 Å². The van der Waals surface area contributed by atoms with Gasteiger partial charge in [0.05, 0.1) is 36.6 Å². The number of likely N-dealkylation sites (tertiary alicyclic amines) is 1. The fraction of sp³-hybridized carbons (Fsp3) is 0.738. The van der Waals surface area contributed by atoms with Crippen molar-refractivity contribution in [2.24, 2.45) is 28.5 Å². The molecule has 0 spiro atoms. The molecule has 16 nitrogen and oxygen atoms in total. The average molecular weight is 851 g/mol. The average Bonchev–Trinajstić information content (AvgIpc) is 3.67. The van der Waals surface area contributed by atoms with E-state index in [1.165, 1.54) is 7.11 Å². The van der Waals surface area contributed by atoms with E-state index in [9.17, 15) is 28.6 Å². The number of aliphatic imine (C=N–C) groups is 1. The van der Waals surface area contributed by atoms with Gasteiger partial charge in [0, 0.05) is 69.0 Å². The van der Waals surface area contributed by atoms with Gasteiger partial charge in [-0.1, -0.05) is 71.4 Å². The molecule has 0 saturated carbocycles.